The molecule has 1 aliphatic carbocycles. The molecule has 0 bridgehead atoms. The van der Waals surface area contributed by atoms with E-state index < -0.39 is 0 Å². The summed E-state index contributed by atoms with van der Waals surface area (Å²) in [6.45, 7) is 4.66. The maximum atomic E-state index is 6.35. The van der Waals surface area contributed by atoms with E-state index >= 15 is 0 Å². The van der Waals surface area contributed by atoms with Gasteiger partial charge in [-0.3, -0.25) is 0 Å². The highest BCUT2D eigenvalue weighted by Crippen LogP contribution is 2.47. The van der Waals surface area contributed by atoms with Gasteiger partial charge in [-0.05, 0) is 115 Å². The van der Waals surface area contributed by atoms with Crippen LogP contribution in [-0.2, 0) is 5.41 Å². The van der Waals surface area contributed by atoms with Crippen molar-refractivity contribution in [2.45, 2.75) is 19.3 Å². The number of rotatable bonds is 7. The van der Waals surface area contributed by atoms with Crippen LogP contribution in [0.3, 0.4) is 0 Å². The molecule has 2 nitrogen and oxygen atoms in total. The summed E-state index contributed by atoms with van der Waals surface area (Å²) in [7, 11) is 0. The predicted octanol–water partition coefficient (Wildman–Crippen LogP) is 16.0. The fourth-order valence-corrected chi connectivity index (χ4v) is 9.15. The van der Waals surface area contributed by atoms with Gasteiger partial charge in [-0.25, -0.2) is 0 Å². The van der Waals surface area contributed by atoms with Gasteiger partial charge in [0.2, 0.25) is 0 Å². The molecule has 0 aliphatic heterocycles. The molecule has 1 aliphatic rings. The molecule has 0 atom stereocenters. The average Bonchev–Trinajstić information content (AvgIpc) is 3.81. The van der Waals surface area contributed by atoms with Gasteiger partial charge in [0, 0.05) is 38.8 Å². The van der Waals surface area contributed by atoms with Gasteiger partial charge >= 0.3 is 0 Å². The van der Waals surface area contributed by atoms with Crippen LogP contribution in [0.25, 0.3) is 77.7 Å². The summed E-state index contributed by atoms with van der Waals surface area (Å²) in [6.07, 6.45) is 2.36. The minimum absolute atomic E-state index is 0.0643. The first-order chi connectivity index (χ1) is 29.0. The third-order valence-corrected chi connectivity index (χ3v) is 12.3. The van der Waals surface area contributed by atoms with E-state index in [0.29, 0.717) is 0 Å². The third kappa shape index (κ3) is 6.04. The van der Waals surface area contributed by atoms with Gasteiger partial charge in [0.15, 0.2) is 0 Å². The Balaban J connectivity index is 0.928. The molecule has 0 spiro atoms. The van der Waals surface area contributed by atoms with Crippen molar-refractivity contribution < 1.29 is 4.42 Å². The van der Waals surface area contributed by atoms with Crippen molar-refractivity contribution in [3.8, 4) is 33.4 Å². The van der Waals surface area contributed by atoms with Gasteiger partial charge in [0.05, 0.1) is 0 Å². The van der Waals surface area contributed by atoms with Crippen LogP contribution in [0, 0.1) is 0 Å². The maximum absolute atomic E-state index is 6.35. The Hall–Kier alpha value is -7.42. The zero-order valence-corrected chi connectivity index (χ0v) is 33.1. The molecule has 0 saturated heterocycles. The predicted molar refractivity (Wildman–Crippen MR) is 250 cm³/mol. The van der Waals surface area contributed by atoms with Crippen molar-refractivity contribution in [3.63, 3.8) is 0 Å². The molecule has 11 rings (SSSR count). The second-order valence-corrected chi connectivity index (χ2v) is 16.2. The first-order valence-electron chi connectivity index (χ1n) is 20.4. The highest BCUT2D eigenvalue weighted by molar-refractivity contribution is 6.09. The van der Waals surface area contributed by atoms with Crippen LogP contribution in [0.4, 0.5) is 17.1 Å². The molecule has 0 radical (unpaired) electrons. The topological polar surface area (TPSA) is 16.4 Å². The van der Waals surface area contributed by atoms with Crippen molar-refractivity contribution >= 4 is 61.4 Å². The van der Waals surface area contributed by atoms with Gasteiger partial charge in [0.25, 0.3) is 0 Å². The molecular weight excluding hydrogens is 715 g/mol. The van der Waals surface area contributed by atoms with E-state index in [9.17, 15) is 0 Å². The van der Waals surface area contributed by atoms with Crippen LogP contribution in [-0.4, -0.2) is 0 Å². The first-order valence-corrected chi connectivity index (χ1v) is 20.4. The number of allylic oxidation sites excluding steroid dienone is 1. The number of fused-ring (bicyclic) bond motifs is 5. The minimum Gasteiger partial charge on any atom is -0.455 e. The number of para-hydroxylation sites is 2. The zero-order valence-electron chi connectivity index (χ0n) is 33.1. The Morgan fingerprint density at radius 2 is 0.932 bits per heavy atom. The van der Waals surface area contributed by atoms with Crippen LogP contribution < -0.4 is 4.90 Å². The molecule has 0 saturated carbocycles. The number of benzene rings is 9. The lowest BCUT2D eigenvalue weighted by atomic mass is 9.78. The normalized spacial score (nSPS) is 13.2. The average molecular weight is 756 g/mol. The summed E-state index contributed by atoms with van der Waals surface area (Å²) in [5, 5.41) is 4.79. The molecular formula is C57H41NO. The Morgan fingerprint density at radius 3 is 1.63 bits per heavy atom. The molecule has 0 amide bonds. The number of furan rings is 1. The minimum atomic E-state index is -0.0643. The molecule has 9 aromatic carbocycles. The van der Waals surface area contributed by atoms with Crippen LogP contribution in [0.2, 0.25) is 0 Å². The molecule has 10 aromatic rings. The maximum Gasteiger partial charge on any atom is 0.143 e. The van der Waals surface area contributed by atoms with Gasteiger partial charge in [-0.15, -0.1) is 0 Å². The van der Waals surface area contributed by atoms with Crippen molar-refractivity contribution in [3.05, 3.63) is 223 Å². The summed E-state index contributed by atoms with van der Waals surface area (Å²) in [6, 6.07) is 74.5. The highest BCUT2D eigenvalue weighted by atomic mass is 16.3. The summed E-state index contributed by atoms with van der Waals surface area (Å²) in [5.41, 5.74) is 17.4. The standard InChI is InChI=1S/C57H41NO/c1-57(2)53-16-7-5-12-46(53)37-54(57)43-28-34-49(35-29-43)58(48-32-26-41(27-33-48)45-23-20-38-10-3-4-11-44(38)36-45)47-30-24-40(25-31-47)39-18-21-42(22-19-39)50-14-9-15-52-51-13-6-8-17-55(51)59-56(50)52/h3-37H,1-2H3. The van der Waals surface area contributed by atoms with E-state index in [0.717, 1.165) is 50.1 Å². The first kappa shape index (κ1) is 34.8. The second kappa shape index (κ2) is 13.9. The van der Waals surface area contributed by atoms with Gasteiger partial charge < -0.3 is 9.32 Å². The molecule has 0 unspecified atom stereocenters. The van der Waals surface area contributed by atoms with Crippen LogP contribution >= 0.6 is 0 Å². The lowest BCUT2D eigenvalue weighted by molar-refractivity contribution is 0.670. The third-order valence-electron chi connectivity index (χ3n) is 12.3. The Bertz CT molecular complexity index is 3200. The van der Waals surface area contributed by atoms with Crippen molar-refractivity contribution in [1.29, 1.82) is 0 Å². The van der Waals surface area contributed by atoms with Gasteiger partial charge in [-0.1, -0.05) is 172 Å². The summed E-state index contributed by atoms with van der Waals surface area (Å²) < 4.78 is 6.35. The van der Waals surface area contributed by atoms with Crippen LogP contribution in [0.1, 0.15) is 30.5 Å². The molecule has 0 fully saturated rings. The van der Waals surface area contributed by atoms with E-state index in [2.05, 4.69) is 219 Å². The van der Waals surface area contributed by atoms with Gasteiger partial charge in [0.1, 0.15) is 11.2 Å². The quantitative estimate of drug-likeness (QED) is 0.161. The number of anilines is 3. The lowest BCUT2D eigenvalue weighted by Crippen LogP contribution is -2.16. The molecule has 1 heterocycles. The monoisotopic (exact) mass is 755 g/mol. The number of hydrogen-bond donors (Lipinski definition) is 0. The fourth-order valence-electron chi connectivity index (χ4n) is 9.15. The molecule has 2 heteroatoms. The smallest absolute Gasteiger partial charge is 0.143 e. The molecule has 280 valence electrons. The van der Waals surface area contributed by atoms with Crippen molar-refractivity contribution in [1.82, 2.24) is 0 Å². The van der Waals surface area contributed by atoms with Crippen molar-refractivity contribution in [2.24, 2.45) is 0 Å². The lowest BCUT2D eigenvalue weighted by Gasteiger charge is -2.28. The highest BCUT2D eigenvalue weighted by Gasteiger charge is 2.33. The van der Waals surface area contributed by atoms with E-state index in [1.165, 1.54) is 55.3 Å². The Morgan fingerprint density at radius 1 is 0.407 bits per heavy atom. The van der Waals surface area contributed by atoms with Crippen molar-refractivity contribution in [2.75, 3.05) is 4.90 Å². The molecule has 1 aromatic heterocycles. The summed E-state index contributed by atoms with van der Waals surface area (Å²) >= 11 is 0. The zero-order chi connectivity index (χ0) is 39.5. The summed E-state index contributed by atoms with van der Waals surface area (Å²) in [5.74, 6) is 0. The second-order valence-electron chi connectivity index (χ2n) is 16.2. The Labute approximate surface area is 345 Å². The molecule has 0 N–H and O–H groups in total. The van der Waals surface area contributed by atoms with E-state index in [-0.39, 0.29) is 5.41 Å². The van der Waals surface area contributed by atoms with Gasteiger partial charge in [-0.2, -0.15) is 0 Å². The SMILES string of the molecule is CC1(C)C(c2ccc(N(c3ccc(-c4ccc(-c5cccc6c5oc5ccccc56)cc4)cc3)c3ccc(-c4ccc5ccccc5c4)cc3)cc2)=Cc2ccccc21. The van der Waals surface area contributed by atoms with E-state index in [1.54, 1.807) is 0 Å². The Kier molecular flexibility index (Phi) is 8.20. The molecule has 59 heavy (non-hydrogen) atoms. The fraction of sp³-hybridized carbons (Fsp3) is 0.0526. The van der Waals surface area contributed by atoms with E-state index in [4.69, 9.17) is 4.42 Å². The van der Waals surface area contributed by atoms with E-state index in [1.807, 2.05) is 12.1 Å². The number of hydrogen-bond acceptors (Lipinski definition) is 2. The number of nitrogens with zero attached hydrogens (tertiary/aromatic N) is 1. The summed E-state index contributed by atoms with van der Waals surface area (Å²) in [4.78, 5) is 2.36. The van der Waals surface area contributed by atoms with Crippen LogP contribution in [0.5, 0.6) is 0 Å². The largest absolute Gasteiger partial charge is 0.455 e. The van der Waals surface area contributed by atoms with Crippen LogP contribution in [0.15, 0.2) is 211 Å².